The van der Waals surface area contributed by atoms with Crippen LogP contribution in [0.3, 0.4) is 0 Å². The normalized spacial score (nSPS) is 19.8. The van der Waals surface area contributed by atoms with Gasteiger partial charge in [0.15, 0.2) is 11.5 Å². The van der Waals surface area contributed by atoms with Gasteiger partial charge in [-0.1, -0.05) is 42.8 Å². The molecule has 2 heterocycles. The standard InChI is InChI=1S/C36H44ClN3O4/c1-7-23(3)44-33-21-31-28(19-32(33)43-6)20-34(41)40(35(31)26-9-13-29(37)14-10-26)30-15-11-25(12-16-30)24(4)39(8-2)36(42)27-17-18-38(5)22-27/h9-16,19,21,23-24,27,35H,7-8,17-18,20,22H2,1-6H3/t23-,24?,27?,35?/m1/s1. The van der Waals surface area contributed by atoms with Gasteiger partial charge in [-0.05, 0) is 106 Å². The number of nitrogens with zero attached hydrogens (tertiary/aromatic N) is 3. The minimum Gasteiger partial charge on any atom is -0.493 e. The number of carbonyl (C=O) groups is 2. The first-order chi connectivity index (χ1) is 21.1. The molecule has 1 fully saturated rings. The van der Waals surface area contributed by atoms with E-state index < -0.39 is 0 Å². The van der Waals surface area contributed by atoms with Crippen LogP contribution in [-0.2, 0) is 16.0 Å². The van der Waals surface area contributed by atoms with Crippen molar-refractivity contribution >= 4 is 29.1 Å². The molecule has 3 aromatic rings. The molecule has 8 heteroatoms. The summed E-state index contributed by atoms with van der Waals surface area (Å²) in [5.74, 6) is 1.53. The van der Waals surface area contributed by atoms with Crippen LogP contribution in [0.2, 0.25) is 5.02 Å². The number of carbonyl (C=O) groups excluding carboxylic acids is 2. The quantitative estimate of drug-likeness (QED) is 0.244. The van der Waals surface area contributed by atoms with E-state index >= 15 is 0 Å². The van der Waals surface area contributed by atoms with E-state index in [1.807, 2.05) is 84.3 Å². The third-order valence-electron chi connectivity index (χ3n) is 9.16. The Balaban J connectivity index is 1.51. The Morgan fingerprint density at radius 2 is 1.75 bits per heavy atom. The molecule has 234 valence electrons. The maximum atomic E-state index is 13.9. The number of anilines is 1. The van der Waals surface area contributed by atoms with Gasteiger partial charge in [0.25, 0.3) is 0 Å². The number of rotatable bonds is 10. The maximum Gasteiger partial charge on any atom is 0.232 e. The summed E-state index contributed by atoms with van der Waals surface area (Å²) in [5.41, 5.74) is 4.69. The number of likely N-dealkylation sites (tertiary alicyclic amines) is 1. The predicted octanol–water partition coefficient (Wildman–Crippen LogP) is 7.07. The second-order valence-corrected chi connectivity index (χ2v) is 12.5. The van der Waals surface area contributed by atoms with E-state index in [-0.39, 0.29) is 42.3 Å². The van der Waals surface area contributed by atoms with Gasteiger partial charge in [-0.3, -0.25) is 9.59 Å². The van der Waals surface area contributed by atoms with Gasteiger partial charge in [-0.2, -0.15) is 0 Å². The molecule has 2 aliphatic heterocycles. The molecule has 44 heavy (non-hydrogen) atoms. The van der Waals surface area contributed by atoms with Crippen LogP contribution in [0.25, 0.3) is 0 Å². The van der Waals surface area contributed by atoms with Crippen molar-refractivity contribution in [2.45, 2.75) is 65.1 Å². The fourth-order valence-electron chi connectivity index (χ4n) is 6.46. The third kappa shape index (κ3) is 6.45. The Labute approximate surface area is 266 Å². The molecule has 0 bridgehead atoms. The topological polar surface area (TPSA) is 62.3 Å². The Hall–Kier alpha value is -3.55. The third-order valence-corrected chi connectivity index (χ3v) is 9.41. The van der Waals surface area contributed by atoms with Crippen molar-refractivity contribution in [3.63, 3.8) is 0 Å². The average molecular weight is 618 g/mol. The van der Waals surface area contributed by atoms with Crippen LogP contribution in [0.1, 0.15) is 74.9 Å². The predicted molar refractivity (Wildman–Crippen MR) is 176 cm³/mol. The summed E-state index contributed by atoms with van der Waals surface area (Å²) < 4.78 is 12.0. The molecule has 4 atom stereocenters. The molecular weight excluding hydrogens is 574 g/mol. The molecule has 0 aliphatic carbocycles. The van der Waals surface area contributed by atoms with Crippen molar-refractivity contribution in [1.29, 1.82) is 0 Å². The zero-order valence-corrected chi connectivity index (χ0v) is 27.4. The smallest absolute Gasteiger partial charge is 0.232 e. The summed E-state index contributed by atoms with van der Waals surface area (Å²) in [7, 11) is 3.69. The second-order valence-electron chi connectivity index (χ2n) is 12.1. The van der Waals surface area contributed by atoms with Gasteiger partial charge in [-0.25, -0.2) is 0 Å². The lowest BCUT2D eigenvalue weighted by molar-refractivity contribution is -0.137. The van der Waals surface area contributed by atoms with Gasteiger partial charge in [0.05, 0.1) is 37.6 Å². The minimum absolute atomic E-state index is 0.00777. The van der Waals surface area contributed by atoms with Gasteiger partial charge < -0.3 is 24.2 Å². The first kappa shape index (κ1) is 31.9. The molecule has 2 aliphatic rings. The maximum absolute atomic E-state index is 13.9. The van der Waals surface area contributed by atoms with Crippen LogP contribution in [0.4, 0.5) is 5.69 Å². The number of hydrogen-bond acceptors (Lipinski definition) is 5. The van der Waals surface area contributed by atoms with E-state index in [2.05, 4.69) is 25.8 Å². The Bertz CT molecular complexity index is 1480. The molecule has 3 unspecified atom stereocenters. The van der Waals surface area contributed by atoms with Gasteiger partial charge in [-0.15, -0.1) is 0 Å². The lowest BCUT2D eigenvalue weighted by atomic mass is 9.86. The van der Waals surface area contributed by atoms with Gasteiger partial charge in [0.2, 0.25) is 11.8 Å². The van der Waals surface area contributed by atoms with Crippen molar-refractivity contribution in [3.8, 4) is 11.5 Å². The van der Waals surface area contributed by atoms with Crippen molar-refractivity contribution in [3.05, 3.63) is 87.9 Å². The summed E-state index contributed by atoms with van der Waals surface area (Å²) in [6.07, 6.45) is 2.01. The molecule has 0 N–H and O–H groups in total. The highest BCUT2D eigenvalue weighted by Crippen LogP contribution is 2.44. The van der Waals surface area contributed by atoms with Crippen molar-refractivity contribution in [2.75, 3.05) is 38.7 Å². The van der Waals surface area contributed by atoms with E-state index in [0.29, 0.717) is 23.1 Å². The SMILES string of the molecule is CC[C@@H](C)Oc1cc2c(cc1OC)CC(=O)N(c1ccc(C(C)N(CC)C(=O)C3CCN(C)C3)cc1)C2c1ccc(Cl)cc1. The van der Waals surface area contributed by atoms with Crippen molar-refractivity contribution in [1.82, 2.24) is 9.80 Å². The number of ether oxygens (including phenoxy) is 2. The lowest BCUT2D eigenvalue weighted by Gasteiger charge is -2.38. The van der Waals surface area contributed by atoms with E-state index in [1.54, 1.807) is 7.11 Å². The molecule has 0 saturated carbocycles. The Morgan fingerprint density at radius 3 is 2.34 bits per heavy atom. The molecule has 2 amide bonds. The van der Waals surface area contributed by atoms with Crippen LogP contribution >= 0.6 is 11.6 Å². The summed E-state index contributed by atoms with van der Waals surface area (Å²) >= 11 is 6.28. The Morgan fingerprint density at radius 1 is 1.05 bits per heavy atom. The summed E-state index contributed by atoms with van der Waals surface area (Å²) in [6, 6.07) is 19.3. The lowest BCUT2D eigenvalue weighted by Crippen LogP contribution is -2.41. The molecule has 3 aromatic carbocycles. The highest BCUT2D eigenvalue weighted by molar-refractivity contribution is 6.30. The van der Waals surface area contributed by atoms with Crippen LogP contribution in [0.15, 0.2) is 60.7 Å². The fourth-order valence-corrected chi connectivity index (χ4v) is 6.59. The molecule has 0 aromatic heterocycles. The zero-order chi connectivity index (χ0) is 31.5. The van der Waals surface area contributed by atoms with Gasteiger partial charge in [0.1, 0.15) is 0 Å². The van der Waals surface area contributed by atoms with E-state index in [1.165, 1.54) is 0 Å². The minimum atomic E-state index is -0.384. The largest absolute Gasteiger partial charge is 0.493 e. The highest BCUT2D eigenvalue weighted by Gasteiger charge is 2.37. The number of methoxy groups -OCH3 is 1. The van der Waals surface area contributed by atoms with Crippen molar-refractivity contribution in [2.24, 2.45) is 5.92 Å². The summed E-state index contributed by atoms with van der Waals surface area (Å²) in [4.78, 5) is 33.4. The number of amides is 2. The Kier molecular flexibility index (Phi) is 9.86. The first-order valence-corrected chi connectivity index (χ1v) is 16.1. The fraction of sp³-hybridized carbons (Fsp3) is 0.444. The monoisotopic (exact) mass is 617 g/mol. The van der Waals surface area contributed by atoms with Crippen LogP contribution in [-0.4, -0.2) is 61.5 Å². The zero-order valence-electron chi connectivity index (χ0n) is 26.7. The van der Waals surface area contributed by atoms with Crippen LogP contribution < -0.4 is 14.4 Å². The number of benzene rings is 3. The van der Waals surface area contributed by atoms with Crippen LogP contribution in [0, 0.1) is 5.92 Å². The molecule has 1 saturated heterocycles. The molecular formula is C36H44ClN3O4. The number of hydrogen-bond donors (Lipinski definition) is 0. The van der Waals surface area contributed by atoms with Crippen molar-refractivity contribution < 1.29 is 19.1 Å². The molecule has 0 radical (unpaired) electrons. The first-order valence-electron chi connectivity index (χ1n) is 15.7. The van der Waals surface area contributed by atoms with Crippen LogP contribution in [0.5, 0.6) is 11.5 Å². The average Bonchev–Trinajstić information content (AvgIpc) is 3.47. The van der Waals surface area contributed by atoms with E-state index in [0.717, 1.165) is 53.9 Å². The summed E-state index contributed by atoms with van der Waals surface area (Å²) in [5, 5.41) is 0.635. The summed E-state index contributed by atoms with van der Waals surface area (Å²) in [6.45, 7) is 10.6. The second kappa shape index (κ2) is 13.6. The number of halogens is 1. The van der Waals surface area contributed by atoms with Gasteiger partial charge >= 0.3 is 0 Å². The molecule has 0 spiro atoms. The molecule has 5 rings (SSSR count). The van der Waals surface area contributed by atoms with E-state index in [4.69, 9.17) is 21.1 Å². The molecule has 7 nitrogen and oxygen atoms in total. The highest BCUT2D eigenvalue weighted by atomic mass is 35.5. The number of fused-ring (bicyclic) bond motifs is 1. The van der Waals surface area contributed by atoms with Gasteiger partial charge in [0, 0.05) is 23.8 Å². The van der Waals surface area contributed by atoms with E-state index in [9.17, 15) is 9.59 Å².